The van der Waals surface area contributed by atoms with E-state index in [-0.39, 0.29) is 6.42 Å². The molecule has 1 amide bonds. The number of hydrogen-bond donors (Lipinski definition) is 2. The zero-order valence-corrected chi connectivity index (χ0v) is 11.6. The first-order chi connectivity index (χ1) is 9.45. The summed E-state index contributed by atoms with van der Waals surface area (Å²) < 4.78 is 5.16. The van der Waals surface area contributed by atoms with E-state index in [1.165, 1.54) is 7.11 Å². The van der Waals surface area contributed by atoms with Crippen LogP contribution in [0.3, 0.4) is 0 Å². The molecule has 0 radical (unpaired) electrons. The third-order valence-corrected chi connectivity index (χ3v) is 2.74. The van der Waals surface area contributed by atoms with Gasteiger partial charge in [-0.05, 0) is 18.9 Å². The Labute approximate surface area is 118 Å². The van der Waals surface area contributed by atoms with Gasteiger partial charge in [0.15, 0.2) is 6.10 Å². The van der Waals surface area contributed by atoms with Gasteiger partial charge in [0.1, 0.15) is 6.04 Å². The van der Waals surface area contributed by atoms with Crippen molar-refractivity contribution in [2.24, 2.45) is 0 Å². The lowest BCUT2D eigenvalue weighted by Crippen LogP contribution is -2.43. The summed E-state index contributed by atoms with van der Waals surface area (Å²) in [5.41, 5.74) is 1.36. The number of methoxy groups -OCH3 is 1. The van der Waals surface area contributed by atoms with E-state index in [9.17, 15) is 9.59 Å². The van der Waals surface area contributed by atoms with Crippen molar-refractivity contribution in [3.8, 4) is 0 Å². The van der Waals surface area contributed by atoms with Crippen molar-refractivity contribution < 1.29 is 19.4 Å². The number of carboxylic acids is 1. The fourth-order valence-corrected chi connectivity index (χ4v) is 1.82. The van der Waals surface area contributed by atoms with E-state index >= 15 is 0 Å². The summed E-state index contributed by atoms with van der Waals surface area (Å²) in [6.07, 6.45) is -0.644. The number of rotatable bonds is 7. The smallest absolute Gasteiger partial charge is 0.326 e. The summed E-state index contributed by atoms with van der Waals surface area (Å²) in [5.74, 6) is -1.57. The molecule has 1 aromatic rings. The quantitative estimate of drug-likeness (QED) is 0.746. The van der Waals surface area contributed by atoms with E-state index in [4.69, 9.17) is 9.84 Å². The average Bonchev–Trinajstić information content (AvgIpc) is 2.39. The van der Waals surface area contributed by atoms with Crippen molar-refractivity contribution in [3.05, 3.63) is 48.0 Å². The second kappa shape index (κ2) is 7.45. The SMILES string of the molecule is C=C(C)C[C@@H](NC(=O)[C@@H](OC)c1ccccc1)C(=O)O. The Morgan fingerprint density at radius 2 is 1.95 bits per heavy atom. The second-order valence-corrected chi connectivity index (χ2v) is 4.59. The Kier molecular flexibility index (Phi) is 5.93. The number of carbonyl (C=O) groups excluding carboxylic acids is 1. The Hall–Kier alpha value is -2.14. The van der Waals surface area contributed by atoms with Gasteiger partial charge in [-0.2, -0.15) is 0 Å². The molecule has 5 heteroatoms. The molecule has 0 spiro atoms. The van der Waals surface area contributed by atoms with Crippen LogP contribution in [0.4, 0.5) is 0 Å². The molecule has 1 aromatic carbocycles. The topological polar surface area (TPSA) is 75.6 Å². The first kappa shape index (κ1) is 15.9. The van der Waals surface area contributed by atoms with Gasteiger partial charge in [0.2, 0.25) is 0 Å². The molecule has 2 atom stereocenters. The number of benzene rings is 1. The highest BCUT2D eigenvalue weighted by atomic mass is 16.5. The van der Waals surface area contributed by atoms with Crippen molar-refractivity contribution in [1.82, 2.24) is 5.32 Å². The van der Waals surface area contributed by atoms with Gasteiger partial charge in [0, 0.05) is 7.11 Å². The predicted molar refractivity (Wildman–Crippen MR) is 75.2 cm³/mol. The first-order valence-electron chi connectivity index (χ1n) is 6.21. The lowest BCUT2D eigenvalue weighted by Gasteiger charge is -2.19. The molecule has 2 N–H and O–H groups in total. The van der Waals surface area contributed by atoms with Crippen LogP contribution in [-0.4, -0.2) is 30.1 Å². The molecule has 0 saturated carbocycles. The fraction of sp³-hybridized carbons (Fsp3) is 0.333. The zero-order valence-electron chi connectivity index (χ0n) is 11.6. The number of nitrogens with one attached hydrogen (secondary N) is 1. The van der Waals surface area contributed by atoms with Crippen LogP contribution < -0.4 is 5.32 Å². The van der Waals surface area contributed by atoms with Crippen LogP contribution in [0.5, 0.6) is 0 Å². The molecular formula is C15H19NO4. The predicted octanol–water partition coefficient (Wildman–Crippen LogP) is 1.91. The Balaban J connectivity index is 2.81. The van der Waals surface area contributed by atoms with Crippen LogP contribution in [0.1, 0.15) is 25.0 Å². The third kappa shape index (κ3) is 4.51. The molecule has 1 rings (SSSR count). The highest BCUT2D eigenvalue weighted by Crippen LogP contribution is 2.17. The summed E-state index contributed by atoms with van der Waals surface area (Å²) in [7, 11) is 1.41. The number of aliphatic carboxylic acids is 1. The van der Waals surface area contributed by atoms with Gasteiger partial charge in [-0.25, -0.2) is 4.79 Å². The summed E-state index contributed by atoms with van der Waals surface area (Å²) in [6, 6.07) is 7.91. The number of hydrogen-bond acceptors (Lipinski definition) is 3. The lowest BCUT2D eigenvalue weighted by atomic mass is 10.1. The molecule has 20 heavy (non-hydrogen) atoms. The van der Waals surface area contributed by atoms with Gasteiger partial charge in [0.05, 0.1) is 0 Å². The molecule has 0 aliphatic heterocycles. The molecule has 5 nitrogen and oxygen atoms in total. The summed E-state index contributed by atoms with van der Waals surface area (Å²) in [4.78, 5) is 23.3. The lowest BCUT2D eigenvalue weighted by molar-refractivity contribution is -0.144. The zero-order chi connectivity index (χ0) is 15.1. The minimum atomic E-state index is -1.09. The van der Waals surface area contributed by atoms with Crippen LogP contribution in [0.25, 0.3) is 0 Å². The summed E-state index contributed by atoms with van der Waals surface area (Å²) >= 11 is 0. The van der Waals surface area contributed by atoms with E-state index in [1.807, 2.05) is 6.07 Å². The van der Waals surface area contributed by atoms with E-state index in [1.54, 1.807) is 31.2 Å². The molecule has 0 saturated heterocycles. The number of amides is 1. The van der Waals surface area contributed by atoms with Crippen LogP contribution >= 0.6 is 0 Å². The minimum absolute atomic E-state index is 0.187. The molecule has 108 valence electrons. The van der Waals surface area contributed by atoms with E-state index in [0.717, 1.165) is 0 Å². The maximum atomic E-state index is 12.1. The molecule has 0 unspecified atom stereocenters. The van der Waals surface area contributed by atoms with Gasteiger partial charge in [-0.15, -0.1) is 6.58 Å². The normalized spacial score (nSPS) is 13.3. The summed E-state index contributed by atoms with van der Waals surface area (Å²) in [5, 5.41) is 11.6. The first-order valence-corrected chi connectivity index (χ1v) is 6.21. The Morgan fingerprint density at radius 3 is 2.40 bits per heavy atom. The minimum Gasteiger partial charge on any atom is -0.480 e. The van der Waals surface area contributed by atoms with Crippen LogP contribution in [0.15, 0.2) is 42.5 Å². The third-order valence-electron chi connectivity index (χ3n) is 2.74. The van der Waals surface area contributed by atoms with Crippen molar-refractivity contribution in [1.29, 1.82) is 0 Å². The highest BCUT2D eigenvalue weighted by molar-refractivity contribution is 5.87. The van der Waals surface area contributed by atoms with Gasteiger partial charge < -0.3 is 15.2 Å². The van der Waals surface area contributed by atoms with Crippen LogP contribution in [0, 0.1) is 0 Å². The monoisotopic (exact) mass is 277 g/mol. The van der Waals surface area contributed by atoms with Crippen molar-refractivity contribution in [2.75, 3.05) is 7.11 Å². The Morgan fingerprint density at radius 1 is 1.35 bits per heavy atom. The molecule has 0 aliphatic carbocycles. The second-order valence-electron chi connectivity index (χ2n) is 4.59. The number of ether oxygens (including phenoxy) is 1. The molecule has 0 fully saturated rings. The van der Waals surface area contributed by atoms with E-state index in [0.29, 0.717) is 11.1 Å². The maximum Gasteiger partial charge on any atom is 0.326 e. The maximum absolute atomic E-state index is 12.1. The van der Waals surface area contributed by atoms with Gasteiger partial charge in [0.25, 0.3) is 5.91 Å². The van der Waals surface area contributed by atoms with Crippen molar-refractivity contribution in [3.63, 3.8) is 0 Å². The molecular weight excluding hydrogens is 258 g/mol. The standard InChI is InChI=1S/C15H19NO4/c1-10(2)9-12(15(18)19)16-14(17)13(20-3)11-7-5-4-6-8-11/h4-8,12-13H,1,9H2,2-3H3,(H,16,17)(H,18,19)/t12-,13+/m1/s1. The molecule has 0 bridgehead atoms. The van der Waals surface area contributed by atoms with Crippen molar-refractivity contribution in [2.45, 2.75) is 25.5 Å². The number of carbonyl (C=O) groups is 2. The van der Waals surface area contributed by atoms with E-state index in [2.05, 4.69) is 11.9 Å². The molecule has 0 heterocycles. The molecule has 0 aliphatic rings. The number of carboxylic acid groups (broad SMARTS) is 1. The largest absolute Gasteiger partial charge is 0.480 e. The van der Waals surface area contributed by atoms with Gasteiger partial charge in [-0.1, -0.05) is 35.9 Å². The molecule has 0 aromatic heterocycles. The van der Waals surface area contributed by atoms with Gasteiger partial charge in [-0.3, -0.25) is 4.79 Å². The highest BCUT2D eigenvalue weighted by Gasteiger charge is 2.26. The van der Waals surface area contributed by atoms with Crippen LogP contribution in [0.2, 0.25) is 0 Å². The van der Waals surface area contributed by atoms with Crippen molar-refractivity contribution >= 4 is 11.9 Å². The Bertz CT molecular complexity index is 484. The fourth-order valence-electron chi connectivity index (χ4n) is 1.82. The average molecular weight is 277 g/mol. The van der Waals surface area contributed by atoms with E-state index < -0.39 is 24.0 Å². The van der Waals surface area contributed by atoms with Gasteiger partial charge >= 0.3 is 5.97 Å². The van der Waals surface area contributed by atoms with Crippen LogP contribution in [-0.2, 0) is 14.3 Å². The summed E-state index contributed by atoms with van der Waals surface area (Å²) in [6.45, 7) is 5.38.